The summed E-state index contributed by atoms with van der Waals surface area (Å²) in [5.41, 5.74) is 13.6. The van der Waals surface area contributed by atoms with Crippen LogP contribution in [-0.4, -0.2) is 73.8 Å². The Hall–Kier alpha value is -3.86. The quantitative estimate of drug-likeness (QED) is 0.215. The van der Waals surface area contributed by atoms with Crippen LogP contribution in [0.5, 0.6) is 0 Å². The normalized spacial score (nSPS) is 19.9. The molecule has 44 heavy (non-hydrogen) atoms. The van der Waals surface area contributed by atoms with Crippen molar-refractivity contribution in [2.24, 2.45) is 0 Å². The third-order valence-electron chi connectivity index (χ3n) is 9.41. The van der Waals surface area contributed by atoms with Gasteiger partial charge in [-0.3, -0.25) is 4.90 Å². The standard InChI is InChI=1S/C34H41N9S/c1-4-28-31(27-8-6-5-7-22(27)2)39-34(44-28)38-24-11-9-23(10-12-24)30-29-32(35)36-21-37-33(29)43(40-30)26-15-13-25(14-16-26)42-19-17-41(3)18-20-42/h5-12,21,25-26H,4,13-20H2,1-3H3,(H,38,39)(H2,35,36,37). The van der Waals surface area contributed by atoms with Crippen LogP contribution in [0.15, 0.2) is 54.9 Å². The molecule has 10 heteroatoms. The van der Waals surface area contributed by atoms with Crippen molar-refractivity contribution in [1.29, 1.82) is 0 Å². The fourth-order valence-electron chi connectivity index (χ4n) is 6.84. The minimum absolute atomic E-state index is 0.310. The summed E-state index contributed by atoms with van der Waals surface area (Å²) in [4.78, 5) is 20.4. The summed E-state index contributed by atoms with van der Waals surface area (Å²) in [6.07, 6.45) is 7.07. The predicted octanol–water partition coefficient (Wildman–Crippen LogP) is 6.54. The maximum atomic E-state index is 6.45. The first-order valence-electron chi connectivity index (χ1n) is 15.8. The van der Waals surface area contributed by atoms with Gasteiger partial charge in [-0.15, -0.1) is 11.3 Å². The number of nitrogen functional groups attached to an aromatic ring is 1. The molecule has 9 nitrogen and oxygen atoms in total. The Balaban J connectivity index is 1.11. The molecule has 0 atom stereocenters. The highest BCUT2D eigenvalue weighted by Gasteiger charge is 2.30. The number of hydrogen-bond acceptors (Lipinski definition) is 9. The van der Waals surface area contributed by atoms with E-state index in [-0.39, 0.29) is 0 Å². The molecule has 0 radical (unpaired) electrons. The van der Waals surface area contributed by atoms with Gasteiger partial charge in [0.15, 0.2) is 10.8 Å². The minimum atomic E-state index is 0.310. The molecule has 7 rings (SSSR count). The molecule has 3 N–H and O–H groups in total. The van der Waals surface area contributed by atoms with Crippen LogP contribution in [0.3, 0.4) is 0 Å². The zero-order chi connectivity index (χ0) is 30.2. The molecule has 2 aliphatic rings. The van der Waals surface area contributed by atoms with Crippen LogP contribution in [0.1, 0.15) is 49.1 Å². The fourth-order valence-corrected chi connectivity index (χ4v) is 7.77. The smallest absolute Gasteiger partial charge is 0.187 e. The lowest BCUT2D eigenvalue weighted by Crippen LogP contribution is -2.49. The zero-order valence-corrected chi connectivity index (χ0v) is 26.6. The Morgan fingerprint density at radius 2 is 1.64 bits per heavy atom. The molecule has 1 aliphatic carbocycles. The molecule has 1 aliphatic heterocycles. The highest BCUT2D eigenvalue weighted by molar-refractivity contribution is 7.16. The summed E-state index contributed by atoms with van der Waals surface area (Å²) in [7, 11) is 2.22. The van der Waals surface area contributed by atoms with E-state index in [4.69, 9.17) is 15.8 Å². The van der Waals surface area contributed by atoms with Gasteiger partial charge < -0.3 is 16.0 Å². The van der Waals surface area contributed by atoms with Gasteiger partial charge in [0.25, 0.3) is 0 Å². The first kappa shape index (κ1) is 28.9. The SMILES string of the molecule is CCc1sc(Nc2ccc(-c3nn(C4CCC(N5CCN(C)CC5)CC4)c4ncnc(N)c34)cc2)nc1-c1ccccc1C. The second kappa shape index (κ2) is 12.3. The topological polar surface area (TPSA) is 101 Å². The Bertz CT molecular complexity index is 1740. The summed E-state index contributed by atoms with van der Waals surface area (Å²) >= 11 is 1.71. The lowest BCUT2D eigenvalue weighted by Gasteiger charge is -2.41. The minimum Gasteiger partial charge on any atom is -0.383 e. The molecular formula is C34H41N9S. The molecule has 1 saturated heterocycles. The number of benzene rings is 2. The number of anilines is 3. The molecule has 0 bridgehead atoms. The molecule has 4 heterocycles. The van der Waals surface area contributed by atoms with Crippen molar-refractivity contribution < 1.29 is 0 Å². The average Bonchev–Trinajstić information content (AvgIpc) is 3.64. The molecule has 1 saturated carbocycles. The number of aryl methyl sites for hydroxylation is 2. The number of nitrogens with one attached hydrogen (secondary N) is 1. The molecular weight excluding hydrogens is 567 g/mol. The van der Waals surface area contributed by atoms with E-state index in [1.165, 1.54) is 41.9 Å². The van der Waals surface area contributed by atoms with Crippen molar-refractivity contribution in [2.45, 2.75) is 58.0 Å². The third-order valence-corrected chi connectivity index (χ3v) is 10.5. The first-order valence-corrected chi connectivity index (χ1v) is 16.6. The first-order chi connectivity index (χ1) is 21.5. The van der Waals surface area contributed by atoms with Crippen LogP contribution >= 0.6 is 11.3 Å². The summed E-state index contributed by atoms with van der Waals surface area (Å²) in [5.74, 6) is 0.475. The number of nitrogens with zero attached hydrogens (tertiary/aromatic N) is 7. The van der Waals surface area contributed by atoms with E-state index >= 15 is 0 Å². The van der Waals surface area contributed by atoms with Crippen molar-refractivity contribution in [1.82, 2.24) is 34.5 Å². The number of hydrogen-bond donors (Lipinski definition) is 2. The Labute approximate surface area is 263 Å². The van der Waals surface area contributed by atoms with Crippen LogP contribution in [0.25, 0.3) is 33.5 Å². The van der Waals surface area contributed by atoms with Crippen LogP contribution in [-0.2, 0) is 6.42 Å². The third kappa shape index (κ3) is 5.58. The van der Waals surface area contributed by atoms with Gasteiger partial charge in [-0.25, -0.2) is 19.6 Å². The number of nitrogens with two attached hydrogens (primary N) is 1. The van der Waals surface area contributed by atoms with Crippen molar-refractivity contribution in [3.05, 3.63) is 65.3 Å². The van der Waals surface area contributed by atoms with E-state index in [2.05, 4.69) is 99.2 Å². The van der Waals surface area contributed by atoms with Crippen LogP contribution in [0.2, 0.25) is 0 Å². The molecule has 2 aromatic carbocycles. The van der Waals surface area contributed by atoms with Crippen LogP contribution < -0.4 is 11.1 Å². The van der Waals surface area contributed by atoms with Gasteiger partial charge in [0.1, 0.15) is 17.8 Å². The molecule has 0 amide bonds. The number of thiazole rings is 1. The lowest BCUT2D eigenvalue weighted by atomic mass is 9.90. The highest BCUT2D eigenvalue weighted by atomic mass is 32.1. The van der Waals surface area contributed by atoms with Gasteiger partial charge in [0.2, 0.25) is 0 Å². The predicted molar refractivity (Wildman–Crippen MR) is 180 cm³/mol. The van der Waals surface area contributed by atoms with Gasteiger partial charge >= 0.3 is 0 Å². The molecule has 0 unspecified atom stereocenters. The Kier molecular flexibility index (Phi) is 8.05. The van der Waals surface area contributed by atoms with E-state index in [9.17, 15) is 0 Å². The van der Waals surface area contributed by atoms with Crippen LogP contribution in [0, 0.1) is 6.92 Å². The number of piperazine rings is 1. The summed E-state index contributed by atoms with van der Waals surface area (Å²) in [5, 5.41) is 10.4. The second-order valence-electron chi connectivity index (χ2n) is 12.2. The van der Waals surface area contributed by atoms with E-state index in [1.54, 1.807) is 17.7 Å². The summed E-state index contributed by atoms with van der Waals surface area (Å²) in [6.45, 7) is 9.00. The van der Waals surface area contributed by atoms with Crippen molar-refractivity contribution in [3.8, 4) is 22.5 Å². The van der Waals surface area contributed by atoms with Crippen molar-refractivity contribution >= 4 is 39.0 Å². The number of rotatable bonds is 7. The van der Waals surface area contributed by atoms with Crippen molar-refractivity contribution in [3.63, 3.8) is 0 Å². The largest absolute Gasteiger partial charge is 0.383 e. The highest BCUT2D eigenvalue weighted by Crippen LogP contribution is 2.38. The molecule has 5 aromatic rings. The lowest BCUT2D eigenvalue weighted by molar-refractivity contribution is 0.0815. The number of likely N-dealkylation sites (N-methyl/N-ethyl adjacent to an activating group) is 1. The maximum Gasteiger partial charge on any atom is 0.187 e. The van der Waals surface area contributed by atoms with Gasteiger partial charge in [-0.1, -0.05) is 43.3 Å². The summed E-state index contributed by atoms with van der Waals surface area (Å²) in [6, 6.07) is 17.8. The number of aromatic nitrogens is 5. The fraction of sp³-hybridized carbons (Fsp3) is 0.412. The van der Waals surface area contributed by atoms with E-state index < -0.39 is 0 Å². The van der Waals surface area contributed by atoms with Gasteiger partial charge in [0, 0.05) is 53.9 Å². The monoisotopic (exact) mass is 607 g/mol. The van der Waals surface area contributed by atoms with Gasteiger partial charge in [-0.05, 0) is 63.8 Å². The zero-order valence-electron chi connectivity index (χ0n) is 25.8. The van der Waals surface area contributed by atoms with E-state index in [0.29, 0.717) is 17.9 Å². The van der Waals surface area contributed by atoms with Crippen LogP contribution in [0.4, 0.5) is 16.6 Å². The Morgan fingerprint density at radius 3 is 2.36 bits per heavy atom. The number of fused-ring (bicyclic) bond motifs is 1. The van der Waals surface area contributed by atoms with Gasteiger partial charge in [-0.2, -0.15) is 5.10 Å². The van der Waals surface area contributed by atoms with E-state index in [0.717, 1.165) is 71.2 Å². The molecule has 2 fully saturated rings. The second-order valence-corrected chi connectivity index (χ2v) is 13.3. The van der Waals surface area contributed by atoms with E-state index in [1.807, 2.05) is 0 Å². The Morgan fingerprint density at radius 1 is 0.909 bits per heavy atom. The average molecular weight is 608 g/mol. The molecule has 0 spiro atoms. The summed E-state index contributed by atoms with van der Waals surface area (Å²) < 4.78 is 2.13. The van der Waals surface area contributed by atoms with Crippen molar-refractivity contribution in [2.75, 3.05) is 44.3 Å². The molecule has 3 aromatic heterocycles. The molecule has 228 valence electrons. The van der Waals surface area contributed by atoms with Gasteiger partial charge in [0.05, 0.1) is 17.1 Å². The maximum absolute atomic E-state index is 6.45.